The fourth-order valence-corrected chi connectivity index (χ4v) is 1.49. The molecule has 0 aliphatic carbocycles. The van der Waals surface area contributed by atoms with Crippen molar-refractivity contribution in [2.24, 2.45) is 0 Å². The monoisotopic (exact) mass is 190 g/mol. The minimum Gasteiger partial charge on any atom is -0.291 e. The van der Waals surface area contributed by atoms with E-state index in [1.165, 1.54) is 4.40 Å². The minimum absolute atomic E-state index is 0.265. The maximum absolute atomic E-state index is 11.6. The van der Waals surface area contributed by atoms with Gasteiger partial charge in [-0.25, -0.2) is 9.20 Å². The molecule has 0 unspecified atom stereocenters. The normalized spacial score (nSPS) is 11.5. The highest BCUT2D eigenvalue weighted by molar-refractivity contribution is 5.87. The van der Waals surface area contributed by atoms with Crippen LogP contribution in [-0.4, -0.2) is 29.8 Å². The molecule has 3 aromatic heterocycles. The number of aromatic amines is 2. The molecule has 0 aliphatic heterocycles. The van der Waals surface area contributed by atoms with Gasteiger partial charge >= 0.3 is 5.69 Å². The van der Waals surface area contributed by atoms with Crippen molar-refractivity contribution in [3.05, 3.63) is 22.5 Å². The van der Waals surface area contributed by atoms with Crippen molar-refractivity contribution in [3.63, 3.8) is 0 Å². The molecule has 14 heavy (non-hydrogen) atoms. The molecule has 3 aromatic rings. The predicted octanol–water partition coefficient (Wildman–Crippen LogP) is -0.398. The van der Waals surface area contributed by atoms with Crippen LogP contribution in [0.5, 0.6) is 0 Å². The first-order valence-corrected chi connectivity index (χ1v) is 4.04. The smallest absolute Gasteiger partial charge is 0.291 e. The third-order valence-corrected chi connectivity index (χ3v) is 2.14. The molecular formula is C7H6N6O. The number of H-pyrrole nitrogens is 2. The van der Waals surface area contributed by atoms with Crippen LogP contribution in [0.4, 0.5) is 0 Å². The van der Waals surface area contributed by atoms with E-state index in [4.69, 9.17) is 0 Å². The Morgan fingerprint density at radius 3 is 3.14 bits per heavy atom. The Morgan fingerprint density at radius 2 is 2.29 bits per heavy atom. The Kier molecular flexibility index (Phi) is 1.13. The van der Waals surface area contributed by atoms with Crippen LogP contribution < -0.4 is 5.69 Å². The molecule has 0 saturated carbocycles. The Hall–Kier alpha value is -2.18. The standard InChI is InChI=1S/C7H6N6O/c1-3-10-12-6-4-2-8-11-5(4)9-7(14)13(3)6/h2H,1H3,(H2,8,9,11,14). The lowest BCUT2D eigenvalue weighted by atomic mass is 10.4. The number of fused-ring (bicyclic) bond motifs is 3. The average molecular weight is 190 g/mol. The van der Waals surface area contributed by atoms with E-state index in [0.717, 1.165) is 5.39 Å². The van der Waals surface area contributed by atoms with Crippen LogP contribution in [-0.2, 0) is 0 Å². The fraction of sp³-hybridized carbons (Fsp3) is 0.143. The van der Waals surface area contributed by atoms with E-state index in [9.17, 15) is 4.79 Å². The fourth-order valence-electron chi connectivity index (χ4n) is 1.49. The van der Waals surface area contributed by atoms with E-state index in [1.54, 1.807) is 13.1 Å². The van der Waals surface area contributed by atoms with Gasteiger partial charge in [0, 0.05) is 0 Å². The second-order valence-corrected chi connectivity index (χ2v) is 3.00. The van der Waals surface area contributed by atoms with E-state index in [2.05, 4.69) is 25.4 Å². The lowest BCUT2D eigenvalue weighted by Crippen LogP contribution is -2.17. The third kappa shape index (κ3) is 0.709. The van der Waals surface area contributed by atoms with E-state index < -0.39 is 0 Å². The van der Waals surface area contributed by atoms with Gasteiger partial charge in [0.15, 0.2) is 5.65 Å². The van der Waals surface area contributed by atoms with Crippen molar-refractivity contribution >= 4 is 16.7 Å². The molecular weight excluding hydrogens is 184 g/mol. The summed E-state index contributed by atoms with van der Waals surface area (Å²) in [5.41, 5.74) is 0.823. The first-order valence-electron chi connectivity index (χ1n) is 4.04. The molecule has 3 rings (SSSR count). The molecule has 0 spiro atoms. The van der Waals surface area contributed by atoms with Crippen molar-refractivity contribution < 1.29 is 0 Å². The maximum atomic E-state index is 11.6. The molecule has 0 fully saturated rings. The molecule has 0 aliphatic rings. The van der Waals surface area contributed by atoms with Gasteiger partial charge < -0.3 is 0 Å². The van der Waals surface area contributed by atoms with Crippen molar-refractivity contribution in [3.8, 4) is 0 Å². The van der Waals surface area contributed by atoms with Crippen LogP contribution in [0.15, 0.2) is 11.0 Å². The van der Waals surface area contributed by atoms with E-state index in [-0.39, 0.29) is 5.69 Å². The topological polar surface area (TPSA) is 91.7 Å². The number of nitrogens with one attached hydrogen (secondary N) is 2. The SMILES string of the molecule is Cc1nnc2c3cn[nH]c3[nH]c(=O)n12. The molecule has 0 saturated heterocycles. The van der Waals surface area contributed by atoms with Gasteiger partial charge in [-0.15, -0.1) is 10.2 Å². The molecule has 0 amide bonds. The quantitative estimate of drug-likeness (QED) is 0.504. The van der Waals surface area contributed by atoms with Gasteiger partial charge in [0.05, 0.1) is 11.6 Å². The van der Waals surface area contributed by atoms with Gasteiger partial charge in [-0.3, -0.25) is 10.1 Å². The molecule has 0 aromatic carbocycles. The Bertz CT molecular complexity index is 674. The predicted molar refractivity (Wildman–Crippen MR) is 48.0 cm³/mol. The van der Waals surface area contributed by atoms with Crippen LogP contribution >= 0.6 is 0 Å². The summed E-state index contributed by atoms with van der Waals surface area (Å²) in [7, 11) is 0. The van der Waals surface area contributed by atoms with Crippen LogP contribution in [0.1, 0.15) is 5.82 Å². The Labute approximate surface area is 76.8 Å². The lowest BCUT2D eigenvalue weighted by molar-refractivity contribution is 0.942. The third-order valence-electron chi connectivity index (χ3n) is 2.14. The lowest BCUT2D eigenvalue weighted by Gasteiger charge is -1.93. The summed E-state index contributed by atoms with van der Waals surface area (Å²) in [6.45, 7) is 1.72. The second-order valence-electron chi connectivity index (χ2n) is 3.00. The van der Waals surface area contributed by atoms with E-state index in [1.807, 2.05) is 0 Å². The van der Waals surface area contributed by atoms with Gasteiger partial charge in [0.1, 0.15) is 11.5 Å². The molecule has 0 bridgehead atoms. The zero-order valence-corrected chi connectivity index (χ0v) is 7.27. The largest absolute Gasteiger partial charge is 0.334 e. The summed E-state index contributed by atoms with van der Waals surface area (Å²) in [6.07, 6.45) is 1.61. The highest BCUT2D eigenvalue weighted by Gasteiger charge is 2.10. The number of hydrogen-bond donors (Lipinski definition) is 2. The average Bonchev–Trinajstić information content (AvgIpc) is 2.71. The Balaban J connectivity index is 2.76. The maximum Gasteiger partial charge on any atom is 0.334 e. The minimum atomic E-state index is -0.265. The van der Waals surface area contributed by atoms with Gasteiger partial charge in [-0.1, -0.05) is 0 Å². The molecule has 7 nitrogen and oxygen atoms in total. The number of hydrogen-bond acceptors (Lipinski definition) is 4. The van der Waals surface area contributed by atoms with Crippen molar-refractivity contribution in [2.75, 3.05) is 0 Å². The summed E-state index contributed by atoms with van der Waals surface area (Å²) in [5.74, 6) is 0.560. The summed E-state index contributed by atoms with van der Waals surface area (Å²) in [6, 6.07) is 0. The van der Waals surface area contributed by atoms with Crippen molar-refractivity contribution in [2.45, 2.75) is 6.92 Å². The van der Waals surface area contributed by atoms with Gasteiger partial charge in [-0.05, 0) is 6.92 Å². The summed E-state index contributed by atoms with van der Waals surface area (Å²) in [4.78, 5) is 14.2. The molecule has 3 heterocycles. The van der Waals surface area contributed by atoms with Gasteiger partial charge in [0.25, 0.3) is 0 Å². The number of rotatable bonds is 0. The van der Waals surface area contributed by atoms with E-state index >= 15 is 0 Å². The highest BCUT2D eigenvalue weighted by Crippen LogP contribution is 2.11. The van der Waals surface area contributed by atoms with Gasteiger partial charge in [0.2, 0.25) is 0 Å². The summed E-state index contributed by atoms with van der Waals surface area (Å²) in [5, 5.41) is 15.0. The molecule has 0 atom stereocenters. The van der Waals surface area contributed by atoms with Crippen LogP contribution in [0.3, 0.4) is 0 Å². The van der Waals surface area contributed by atoms with Crippen LogP contribution in [0.25, 0.3) is 16.7 Å². The molecule has 7 heteroatoms. The second kappa shape index (κ2) is 2.19. The highest BCUT2D eigenvalue weighted by atomic mass is 16.1. The molecule has 70 valence electrons. The van der Waals surface area contributed by atoms with Crippen molar-refractivity contribution in [1.82, 2.24) is 29.8 Å². The van der Waals surface area contributed by atoms with Crippen LogP contribution in [0.2, 0.25) is 0 Å². The number of aryl methyl sites for hydroxylation is 1. The van der Waals surface area contributed by atoms with E-state index in [0.29, 0.717) is 17.1 Å². The van der Waals surface area contributed by atoms with Crippen LogP contribution in [0, 0.1) is 6.92 Å². The first-order chi connectivity index (χ1) is 6.77. The summed E-state index contributed by atoms with van der Waals surface area (Å²) < 4.78 is 1.41. The van der Waals surface area contributed by atoms with Crippen molar-refractivity contribution in [1.29, 1.82) is 0 Å². The molecule has 2 N–H and O–H groups in total. The number of aromatic nitrogens is 6. The number of nitrogens with zero attached hydrogens (tertiary/aromatic N) is 4. The molecule has 0 radical (unpaired) electrons. The zero-order valence-electron chi connectivity index (χ0n) is 7.27. The van der Waals surface area contributed by atoms with Gasteiger partial charge in [-0.2, -0.15) is 5.10 Å². The Morgan fingerprint density at radius 1 is 1.43 bits per heavy atom. The zero-order chi connectivity index (χ0) is 9.71. The summed E-state index contributed by atoms with van der Waals surface area (Å²) >= 11 is 0. The first kappa shape index (κ1) is 7.25.